The van der Waals surface area contributed by atoms with Crippen molar-refractivity contribution in [2.24, 2.45) is 0 Å². The normalized spacial score (nSPS) is 10.3. The van der Waals surface area contributed by atoms with Crippen molar-refractivity contribution < 1.29 is 18.7 Å². The molecule has 3 aromatic rings. The highest BCUT2D eigenvalue weighted by molar-refractivity contribution is 6.10. The SMILES string of the molecule is COc1cccc(NC(=O)c2ccccc2NC(=O)CCc2ccc(F)cc2)c1. The molecule has 2 N–H and O–H groups in total. The van der Waals surface area contributed by atoms with E-state index in [4.69, 9.17) is 4.74 Å². The zero-order chi connectivity index (χ0) is 20.6. The Kier molecular flexibility index (Phi) is 6.58. The first-order valence-corrected chi connectivity index (χ1v) is 9.14. The van der Waals surface area contributed by atoms with Crippen LogP contribution in [0.2, 0.25) is 0 Å². The Morgan fingerprint density at radius 1 is 0.931 bits per heavy atom. The Bertz CT molecular complexity index is 1000. The molecule has 0 aliphatic rings. The average molecular weight is 392 g/mol. The summed E-state index contributed by atoms with van der Waals surface area (Å²) in [5.41, 5.74) is 2.24. The Balaban J connectivity index is 1.65. The number of para-hydroxylation sites is 1. The molecule has 0 aliphatic carbocycles. The number of ether oxygens (including phenoxy) is 1. The lowest BCUT2D eigenvalue weighted by Crippen LogP contribution is -2.18. The van der Waals surface area contributed by atoms with Crippen LogP contribution in [0.1, 0.15) is 22.3 Å². The van der Waals surface area contributed by atoms with Gasteiger partial charge in [0.05, 0.1) is 18.4 Å². The molecule has 0 heterocycles. The minimum atomic E-state index is -0.340. The lowest BCUT2D eigenvalue weighted by molar-refractivity contribution is -0.116. The Morgan fingerprint density at radius 2 is 1.69 bits per heavy atom. The number of nitrogens with one attached hydrogen (secondary N) is 2. The average Bonchev–Trinajstić information content (AvgIpc) is 2.74. The van der Waals surface area contributed by atoms with Gasteiger partial charge in [-0.1, -0.05) is 30.3 Å². The van der Waals surface area contributed by atoms with E-state index in [0.717, 1.165) is 5.56 Å². The van der Waals surface area contributed by atoms with Crippen LogP contribution in [0.15, 0.2) is 72.8 Å². The van der Waals surface area contributed by atoms with Crippen LogP contribution in [-0.4, -0.2) is 18.9 Å². The van der Waals surface area contributed by atoms with Gasteiger partial charge in [0, 0.05) is 18.2 Å². The second-order valence-electron chi connectivity index (χ2n) is 6.41. The number of amides is 2. The summed E-state index contributed by atoms with van der Waals surface area (Å²) >= 11 is 0. The van der Waals surface area contributed by atoms with Gasteiger partial charge < -0.3 is 15.4 Å². The second kappa shape index (κ2) is 9.50. The van der Waals surface area contributed by atoms with E-state index >= 15 is 0 Å². The van der Waals surface area contributed by atoms with Crippen LogP contribution in [0, 0.1) is 5.82 Å². The van der Waals surface area contributed by atoms with Crippen molar-refractivity contribution in [1.82, 2.24) is 0 Å². The van der Waals surface area contributed by atoms with Crippen molar-refractivity contribution in [3.63, 3.8) is 0 Å². The molecule has 3 aromatic carbocycles. The van der Waals surface area contributed by atoms with Crippen molar-refractivity contribution in [1.29, 1.82) is 0 Å². The molecule has 0 radical (unpaired) electrons. The van der Waals surface area contributed by atoms with Gasteiger partial charge in [0.2, 0.25) is 5.91 Å². The number of halogens is 1. The third kappa shape index (κ3) is 5.65. The van der Waals surface area contributed by atoms with Crippen LogP contribution in [0.3, 0.4) is 0 Å². The fourth-order valence-corrected chi connectivity index (χ4v) is 2.81. The minimum Gasteiger partial charge on any atom is -0.497 e. The first-order valence-electron chi connectivity index (χ1n) is 9.14. The molecule has 0 saturated carbocycles. The molecule has 0 aliphatic heterocycles. The molecule has 29 heavy (non-hydrogen) atoms. The largest absolute Gasteiger partial charge is 0.497 e. The molecule has 5 nitrogen and oxygen atoms in total. The fourth-order valence-electron chi connectivity index (χ4n) is 2.81. The summed E-state index contributed by atoms with van der Waals surface area (Å²) < 4.78 is 18.1. The summed E-state index contributed by atoms with van der Waals surface area (Å²) in [6.45, 7) is 0. The second-order valence-corrected chi connectivity index (χ2v) is 6.41. The fraction of sp³-hybridized carbons (Fsp3) is 0.130. The molecule has 2 amide bonds. The van der Waals surface area contributed by atoms with E-state index in [9.17, 15) is 14.0 Å². The summed E-state index contributed by atoms with van der Waals surface area (Å²) in [6.07, 6.45) is 0.696. The predicted molar refractivity (Wildman–Crippen MR) is 111 cm³/mol. The highest BCUT2D eigenvalue weighted by Crippen LogP contribution is 2.21. The zero-order valence-electron chi connectivity index (χ0n) is 15.9. The maximum absolute atomic E-state index is 13.0. The van der Waals surface area contributed by atoms with E-state index in [0.29, 0.717) is 29.1 Å². The van der Waals surface area contributed by atoms with Crippen LogP contribution < -0.4 is 15.4 Å². The van der Waals surface area contributed by atoms with E-state index in [1.165, 1.54) is 12.1 Å². The Morgan fingerprint density at radius 3 is 2.45 bits per heavy atom. The molecule has 0 unspecified atom stereocenters. The smallest absolute Gasteiger partial charge is 0.257 e. The van der Waals surface area contributed by atoms with Gasteiger partial charge in [0.1, 0.15) is 11.6 Å². The maximum atomic E-state index is 13.0. The standard InChI is InChI=1S/C23H21FN2O3/c1-29-19-6-4-5-18(15-19)25-23(28)20-7-2-3-8-21(20)26-22(27)14-11-16-9-12-17(24)13-10-16/h2-10,12-13,15H,11,14H2,1H3,(H,25,28)(H,26,27). The van der Waals surface area contributed by atoms with Gasteiger partial charge in [0.15, 0.2) is 0 Å². The van der Waals surface area contributed by atoms with Gasteiger partial charge in [-0.25, -0.2) is 4.39 Å². The number of rotatable bonds is 7. The third-order valence-electron chi connectivity index (χ3n) is 4.33. The van der Waals surface area contributed by atoms with Crippen molar-refractivity contribution >= 4 is 23.2 Å². The molecule has 0 saturated heterocycles. The van der Waals surface area contributed by atoms with E-state index < -0.39 is 0 Å². The maximum Gasteiger partial charge on any atom is 0.257 e. The van der Waals surface area contributed by atoms with Gasteiger partial charge in [-0.15, -0.1) is 0 Å². The summed E-state index contributed by atoms with van der Waals surface area (Å²) in [5, 5.41) is 5.59. The number of hydrogen-bond donors (Lipinski definition) is 2. The summed E-state index contributed by atoms with van der Waals surface area (Å²) in [4.78, 5) is 25.0. The number of aryl methyl sites for hydroxylation is 1. The highest BCUT2D eigenvalue weighted by Gasteiger charge is 2.14. The molecule has 0 atom stereocenters. The monoisotopic (exact) mass is 392 g/mol. The molecule has 3 rings (SSSR count). The molecular weight excluding hydrogens is 371 g/mol. The number of methoxy groups -OCH3 is 1. The topological polar surface area (TPSA) is 67.4 Å². The van der Waals surface area contributed by atoms with E-state index in [1.54, 1.807) is 67.8 Å². The van der Waals surface area contributed by atoms with Gasteiger partial charge in [-0.3, -0.25) is 9.59 Å². The Hall–Kier alpha value is -3.67. The van der Waals surface area contributed by atoms with Crippen molar-refractivity contribution in [2.45, 2.75) is 12.8 Å². The number of carbonyl (C=O) groups is 2. The first-order chi connectivity index (χ1) is 14.0. The molecule has 0 bridgehead atoms. The number of carbonyl (C=O) groups excluding carboxylic acids is 2. The van der Waals surface area contributed by atoms with Gasteiger partial charge in [-0.2, -0.15) is 0 Å². The van der Waals surface area contributed by atoms with Crippen LogP contribution in [0.4, 0.5) is 15.8 Å². The van der Waals surface area contributed by atoms with Crippen molar-refractivity contribution in [3.05, 3.63) is 89.7 Å². The number of hydrogen-bond acceptors (Lipinski definition) is 3. The predicted octanol–water partition coefficient (Wildman–Crippen LogP) is 4.66. The lowest BCUT2D eigenvalue weighted by Gasteiger charge is -2.12. The summed E-state index contributed by atoms with van der Waals surface area (Å²) in [7, 11) is 1.55. The molecular formula is C23H21FN2O3. The van der Waals surface area contributed by atoms with E-state index in [-0.39, 0.29) is 24.1 Å². The first kappa shape index (κ1) is 20.1. The van der Waals surface area contributed by atoms with Gasteiger partial charge in [-0.05, 0) is 48.4 Å². The minimum absolute atomic E-state index is 0.220. The van der Waals surface area contributed by atoms with Gasteiger partial charge >= 0.3 is 0 Å². The van der Waals surface area contributed by atoms with Crippen LogP contribution in [-0.2, 0) is 11.2 Å². The number of benzene rings is 3. The van der Waals surface area contributed by atoms with Crippen molar-refractivity contribution in [3.8, 4) is 5.75 Å². The number of anilines is 2. The molecule has 0 spiro atoms. The van der Waals surface area contributed by atoms with E-state index in [1.807, 2.05) is 0 Å². The molecule has 0 fully saturated rings. The Labute approximate surface area is 168 Å². The van der Waals surface area contributed by atoms with Gasteiger partial charge in [0.25, 0.3) is 5.91 Å². The molecule has 0 aromatic heterocycles. The molecule has 6 heteroatoms. The van der Waals surface area contributed by atoms with Crippen LogP contribution in [0.5, 0.6) is 5.75 Å². The summed E-state index contributed by atoms with van der Waals surface area (Å²) in [6, 6.07) is 19.9. The zero-order valence-corrected chi connectivity index (χ0v) is 15.9. The van der Waals surface area contributed by atoms with Crippen LogP contribution in [0.25, 0.3) is 0 Å². The summed E-state index contributed by atoms with van der Waals surface area (Å²) in [5.74, 6) is -0.247. The molecule has 148 valence electrons. The van der Waals surface area contributed by atoms with Crippen molar-refractivity contribution in [2.75, 3.05) is 17.7 Å². The third-order valence-corrected chi connectivity index (χ3v) is 4.33. The highest BCUT2D eigenvalue weighted by atomic mass is 19.1. The lowest BCUT2D eigenvalue weighted by atomic mass is 10.1. The van der Waals surface area contributed by atoms with Crippen LogP contribution >= 0.6 is 0 Å². The van der Waals surface area contributed by atoms with E-state index in [2.05, 4.69) is 10.6 Å². The quantitative estimate of drug-likeness (QED) is 0.615.